The van der Waals surface area contributed by atoms with E-state index in [0.29, 0.717) is 29.7 Å². The van der Waals surface area contributed by atoms with Gasteiger partial charge in [0.25, 0.3) is 0 Å². The summed E-state index contributed by atoms with van der Waals surface area (Å²) in [6, 6.07) is 13.4. The van der Waals surface area contributed by atoms with Crippen molar-refractivity contribution in [1.29, 1.82) is 0 Å². The van der Waals surface area contributed by atoms with E-state index in [1.54, 1.807) is 16.9 Å². The molecule has 0 aliphatic carbocycles. The molecule has 0 saturated carbocycles. The van der Waals surface area contributed by atoms with Crippen molar-refractivity contribution in [1.82, 2.24) is 25.0 Å². The average Bonchev–Trinajstić information content (AvgIpc) is 3.34. The summed E-state index contributed by atoms with van der Waals surface area (Å²) in [6.07, 6.45) is 2.21. The van der Waals surface area contributed by atoms with Crippen LogP contribution in [0, 0.1) is 20.8 Å². The molecule has 3 aromatic heterocycles. The zero-order valence-electron chi connectivity index (χ0n) is 17.1. The number of hydrogen-bond donors (Lipinski definition) is 1. The van der Waals surface area contributed by atoms with Crippen molar-refractivity contribution in [2.45, 2.75) is 33.6 Å². The molecule has 0 saturated heterocycles. The van der Waals surface area contributed by atoms with Gasteiger partial charge >= 0.3 is 0 Å². The number of pyridine rings is 1. The number of hydrogen-bond acceptors (Lipinski definition) is 6. The number of carbonyl (C=O) groups excluding carboxylic acids is 1. The lowest BCUT2D eigenvalue weighted by Crippen LogP contribution is -2.13. The largest absolute Gasteiger partial charge is 0.421 e. The lowest BCUT2D eigenvalue weighted by Gasteiger charge is -2.06. The van der Waals surface area contributed by atoms with E-state index in [1.807, 2.05) is 57.2 Å². The van der Waals surface area contributed by atoms with E-state index in [9.17, 15) is 4.79 Å². The zero-order valence-corrected chi connectivity index (χ0v) is 17.1. The second-order valence-corrected chi connectivity index (χ2v) is 7.16. The molecular formula is C22H22N6O2. The first-order valence-corrected chi connectivity index (χ1v) is 9.67. The Bertz CT molecular complexity index is 1160. The molecule has 0 radical (unpaired) electrons. The Labute approximate surface area is 174 Å². The van der Waals surface area contributed by atoms with Crippen LogP contribution in [0.2, 0.25) is 0 Å². The van der Waals surface area contributed by atoms with Crippen molar-refractivity contribution in [2.24, 2.45) is 0 Å². The molecule has 0 fully saturated rings. The average molecular weight is 402 g/mol. The summed E-state index contributed by atoms with van der Waals surface area (Å²) in [4.78, 5) is 16.6. The maximum absolute atomic E-state index is 12.3. The van der Waals surface area contributed by atoms with Crippen LogP contribution < -0.4 is 5.32 Å². The van der Waals surface area contributed by atoms with E-state index in [-0.39, 0.29) is 12.3 Å². The minimum atomic E-state index is -0.147. The maximum atomic E-state index is 12.3. The third-order valence-electron chi connectivity index (χ3n) is 4.59. The molecule has 0 unspecified atom stereocenters. The number of aromatic nitrogens is 5. The highest BCUT2D eigenvalue weighted by Gasteiger charge is 2.11. The van der Waals surface area contributed by atoms with Crippen LogP contribution in [-0.2, 0) is 11.2 Å². The summed E-state index contributed by atoms with van der Waals surface area (Å²) in [5, 5.41) is 15.3. The number of amides is 1. The van der Waals surface area contributed by atoms with Crippen LogP contribution in [0.3, 0.4) is 0 Å². The normalized spacial score (nSPS) is 10.9. The monoisotopic (exact) mass is 402 g/mol. The molecule has 0 aliphatic heterocycles. The molecule has 1 N–H and O–H groups in total. The summed E-state index contributed by atoms with van der Waals surface area (Å²) in [6.45, 7) is 5.93. The van der Waals surface area contributed by atoms with Gasteiger partial charge in [0, 0.05) is 24.1 Å². The Morgan fingerprint density at radius 3 is 2.53 bits per heavy atom. The third kappa shape index (κ3) is 4.43. The van der Waals surface area contributed by atoms with Gasteiger partial charge in [0.15, 0.2) is 5.82 Å². The Morgan fingerprint density at radius 1 is 1.07 bits per heavy atom. The first kappa shape index (κ1) is 19.5. The smallest absolute Gasteiger partial charge is 0.247 e. The quantitative estimate of drug-likeness (QED) is 0.526. The minimum absolute atomic E-state index is 0.147. The summed E-state index contributed by atoms with van der Waals surface area (Å²) in [5.74, 6) is 1.44. The predicted molar refractivity (Wildman–Crippen MR) is 112 cm³/mol. The molecule has 0 spiro atoms. The summed E-state index contributed by atoms with van der Waals surface area (Å²) in [7, 11) is 0. The Kier molecular flexibility index (Phi) is 5.38. The highest BCUT2D eigenvalue weighted by molar-refractivity contribution is 5.90. The van der Waals surface area contributed by atoms with Crippen molar-refractivity contribution in [3.8, 4) is 17.3 Å². The van der Waals surface area contributed by atoms with E-state index in [4.69, 9.17) is 4.42 Å². The molecule has 3 heterocycles. The molecule has 8 heteroatoms. The fourth-order valence-electron chi connectivity index (χ4n) is 3.06. The van der Waals surface area contributed by atoms with Crippen molar-refractivity contribution in [3.63, 3.8) is 0 Å². The Balaban J connectivity index is 1.33. The van der Waals surface area contributed by atoms with Crippen LogP contribution in [0.5, 0.6) is 0 Å². The number of benzene rings is 1. The van der Waals surface area contributed by atoms with E-state index in [2.05, 4.69) is 25.6 Å². The van der Waals surface area contributed by atoms with Gasteiger partial charge in [-0.05, 0) is 51.1 Å². The van der Waals surface area contributed by atoms with Gasteiger partial charge in [-0.2, -0.15) is 5.10 Å². The fourth-order valence-corrected chi connectivity index (χ4v) is 3.06. The Hall–Kier alpha value is -3.81. The van der Waals surface area contributed by atoms with Crippen molar-refractivity contribution in [2.75, 3.05) is 5.32 Å². The number of aryl methyl sites for hydroxylation is 4. The Morgan fingerprint density at radius 2 is 1.87 bits per heavy atom. The number of nitrogens with zero attached hydrogens (tertiary/aromatic N) is 5. The van der Waals surface area contributed by atoms with Gasteiger partial charge < -0.3 is 9.73 Å². The van der Waals surface area contributed by atoms with Gasteiger partial charge in [0.1, 0.15) is 0 Å². The molecule has 4 aromatic rings. The molecule has 0 atom stereocenters. The van der Waals surface area contributed by atoms with Crippen LogP contribution in [0.25, 0.3) is 17.3 Å². The molecule has 0 bridgehead atoms. The van der Waals surface area contributed by atoms with Crippen LogP contribution in [0.1, 0.15) is 29.3 Å². The number of carbonyl (C=O) groups is 1. The van der Waals surface area contributed by atoms with Gasteiger partial charge in [-0.25, -0.2) is 9.67 Å². The SMILES string of the molecule is Cc1ccc(-c2nnc(CCC(=O)Nc3ccc(-n4nc(C)cc4C)nc3)o2)cc1. The lowest BCUT2D eigenvalue weighted by atomic mass is 10.1. The number of nitrogens with one attached hydrogen (secondary N) is 1. The first-order chi connectivity index (χ1) is 14.5. The van der Waals surface area contributed by atoms with E-state index in [0.717, 1.165) is 22.5 Å². The van der Waals surface area contributed by atoms with E-state index >= 15 is 0 Å². The van der Waals surface area contributed by atoms with E-state index < -0.39 is 0 Å². The van der Waals surface area contributed by atoms with Gasteiger partial charge in [0.2, 0.25) is 17.7 Å². The second kappa shape index (κ2) is 8.28. The molecule has 1 aromatic carbocycles. The number of rotatable bonds is 6. The topological polar surface area (TPSA) is 98.7 Å². The van der Waals surface area contributed by atoms with E-state index in [1.165, 1.54) is 0 Å². The molecule has 152 valence electrons. The summed E-state index contributed by atoms with van der Waals surface area (Å²) in [5.41, 5.74) is 4.57. The van der Waals surface area contributed by atoms with Crippen LogP contribution in [0.15, 0.2) is 53.1 Å². The molecule has 30 heavy (non-hydrogen) atoms. The van der Waals surface area contributed by atoms with Crippen molar-refractivity contribution < 1.29 is 9.21 Å². The third-order valence-corrected chi connectivity index (χ3v) is 4.59. The second-order valence-electron chi connectivity index (χ2n) is 7.16. The highest BCUT2D eigenvalue weighted by Crippen LogP contribution is 2.19. The highest BCUT2D eigenvalue weighted by atomic mass is 16.4. The first-order valence-electron chi connectivity index (χ1n) is 9.67. The summed E-state index contributed by atoms with van der Waals surface area (Å²) < 4.78 is 7.43. The van der Waals surface area contributed by atoms with Crippen molar-refractivity contribution in [3.05, 3.63) is 71.5 Å². The summed E-state index contributed by atoms with van der Waals surface area (Å²) >= 11 is 0. The molecule has 4 rings (SSSR count). The van der Waals surface area contributed by atoms with Gasteiger partial charge in [-0.3, -0.25) is 4.79 Å². The standard InChI is InChI=1S/C22H22N6O2/c1-14-4-6-17(7-5-14)22-26-25-21(30-22)11-10-20(29)24-18-8-9-19(23-13-18)28-16(3)12-15(2)27-28/h4-9,12-13H,10-11H2,1-3H3,(H,24,29). The van der Waals surface area contributed by atoms with Gasteiger partial charge in [-0.1, -0.05) is 17.7 Å². The minimum Gasteiger partial charge on any atom is -0.421 e. The molecule has 8 nitrogen and oxygen atoms in total. The van der Waals surface area contributed by atoms with Crippen LogP contribution >= 0.6 is 0 Å². The van der Waals surface area contributed by atoms with Gasteiger partial charge in [0.05, 0.1) is 17.6 Å². The van der Waals surface area contributed by atoms with Crippen LogP contribution in [0.4, 0.5) is 5.69 Å². The molecule has 1 amide bonds. The molecule has 0 aliphatic rings. The van der Waals surface area contributed by atoms with Crippen LogP contribution in [-0.4, -0.2) is 30.9 Å². The fraction of sp³-hybridized carbons (Fsp3) is 0.227. The maximum Gasteiger partial charge on any atom is 0.247 e. The lowest BCUT2D eigenvalue weighted by molar-refractivity contribution is -0.116. The molecular weight excluding hydrogens is 380 g/mol. The zero-order chi connectivity index (χ0) is 21.1. The van der Waals surface area contributed by atoms with Gasteiger partial charge in [-0.15, -0.1) is 10.2 Å². The van der Waals surface area contributed by atoms with Crippen molar-refractivity contribution >= 4 is 11.6 Å². The predicted octanol–water partition coefficient (Wildman–Crippen LogP) is 3.81. The number of anilines is 1.